The molecule has 0 aliphatic rings. The number of halogens is 3. The Balaban J connectivity index is 2.13. The second-order valence-electron chi connectivity index (χ2n) is 5.41. The summed E-state index contributed by atoms with van der Waals surface area (Å²) in [7, 11) is 0. The molecule has 0 radical (unpaired) electrons. The molecule has 0 fully saturated rings. The highest BCUT2D eigenvalue weighted by Crippen LogP contribution is 2.22. The number of amides is 1. The van der Waals surface area contributed by atoms with Crippen molar-refractivity contribution in [2.24, 2.45) is 0 Å². The number of aryl methyl sites for hydroxylation is 1. The van der Waals surface area contributed by atoms with Crippen LogP contribution >= 0.6 is 0 Å². The summed E-state index contributed by atoms with van der Waals surface area (Å²) < 4.78 is 36.5. The molecule has 0 saturated carbocycles. The lowest BCUT2D eigenvalue weighted by molar-refractivity contribution is -0.136. The summed E-state index contributed by atoms with van der Waals surface area (Å²) in [5.74, 6) is -0.0834. The number of fused-ring (bicyclic) bond motifs is 1. The van der Waals surface area contributed by atoms with Gasteiger partial charge in [0.2, 0.25) is 0 Å². The maximum absolute atomic E-state index is 12.2. The molecule has 2 N–H and O–H groups in total. The summed E-state index contributed by atoms with van der Waals surface area (Å²) in [6.07, 6.45) is -5.40. The lowest BCUT2D eigenvalue weighted by Crippen LogP contribution is -2.33. The maximum atomic E-state index is 12.2. The van der Waals surface area contributed by atoms with Crippen molar-refractivity contribution in [2.75, 3.05) is 0 Å². The molecule has 1 aromatic carbocycles. The monoisotopic (exact) mass is 327 g/mol. The SMILES string of the molecule is Cc1nc2cc(C(=O)NC(C)CCC(F)(F)F)ccc2c(=O)[nH]1. The molecule has 0 saturated heterocycles. The molecule has 1 atom stereocenters. The molecule has 1 unspecified atom stereocenters. The van der Waals surface area contributed by atoms with Crippen LogP contribution in [-0.4, -0.2) is 28.1 Å². The van der Waals surface area contributed by atoms with Crippen molar-refractivity contribution in [2.45, 2.75) is 38.9 Å². The summed E-state index contributed by atoms with van der Waals surface area (Å²) >= 11 is 0. The molecule has 124 valence electrons. The summed E-state index contributed by atoms with van der Waals surface area (Å²) in [6, 6.07) is 3.74. The van der Waals surface area contributed by atoms with Gasteiger partial charge in [0.15, 0.2) is 0 Å². The first kappa shape index (κ1) is 17.0. The Kier molecular flexibility index (Phi) is 4.72. The fourth-order valence-electron chi connectivity index (χ4n) is 2.16. The number of nitrogens with zero attached hydrogens (tertiary/aromatic N) is 1. The highest BCUT2D eigenvalue weighted by atomic mass is 19.4. The smallest absolute Gasteiger partial charge is 0.350 e. The highest BCUT2D eigenvalue weighted by molar-refractivity contribution is 5.97. The maximum Gasteiger partial charge on any atom is 0.389 e. The molecule has 0 spiro atoms. The van der Waals surface area contributed by atoms with Crippen LogP contribution in [0.3, 0.4) is 0 Å². The molecule has 1 aromatic heterocycles. The van der Waals surface area contributed by atoms with Crippen LogP contribution in [0.15, 0.2) is 23.0 Å². The number of hydrogen-bond acceptors (Lipinski definition) is 3. The van der Waals surface area contributed by atoms with Crippen LogP contribution in [0.5, 0.6) is 0 Å². The van der Waals surface area contributed by atoms with Gasteiger partial charge >= 0.3 is 6.18 Å². The van der Waals surface area contributed by atoms with Gasteiger partial charge < -0.3 is 10.3 Å². The molecule has 8 heteroatoms. The molecular formula is C15H16F3N3O2. The molecule has 5 nitrogen and oxygen atoms in total. The van der Waals surface area contributed by atoms with Crippen LogP contribution in [-0.2, 0) is 0 Å². The van der Waals surface area contributed by atoms with E-state index in [0.29, 0.717) is 16.7 Å². The van der Waals surface area contributed by atoms with Gasteiger partial charge in [-0.3, -0.25) is 9.59 Å². The number of nitrogens with one attached hydrogen (secondary N) is 2. The lowest BCUT2D eigenvalue weighted by atomic mass is 10.1. The van der Waals surface area contributed by atoms with Gasteiger partial charge in [0.25, 0.3) is 11.5 Å². The van der Waals surface area contributed by atoms with Crippen molar-refractivity contribution >= 4 is 16.8 Å². The zero-order chi connectivity index (χ0) is 17.2. The Hall–Kier alpha value is -2.38. The van der Waals surface area contributed by atoms with E-state index in [0.717, 1.165) is 0 Å². The topological polar surface area (TPSA) is 74.8 Å². The van der Waals surface area contributed by atoms with E-state index in [4.69, 9.17) is 0 Å². The molecule has 0 aliphatic heterocycles. The van der Waals surface area contributed by atoms with Crippen molar-refractivity contribution in [1.29, 1.82) is 0 Å². The van der Waals surface area contributed by atoms with Gasteiger partial charge in [0.05, 0.1) is 10.9 Å². The van der Waals surface area contributed by atoms with E-state index in [1.165, 1.54) is 25.1 Å². The van der Waals surface area contributed by atoms with Crippen molar-refractivity contribution < 1.29 is 18.0 Å². The van der Waals surface area contributed by atoms with Crippen LogP contribution in [0, 0.1) is 6.92 Å². The van der Waals surface area contributed by atoms with Gasteiger partial charge in [-0.1, -0.05) is 0 Å². The molecular weight excluding hydrogens is 311 g/mol. The number of aromatic nitrogens is 2. The number of aromatic amines is 1. The number of H-pyrrole nitrogens is 1. The van der Waals surface area contributed by atoms with E-state index in [1.807, 2.05) is 0 Å². The average Bonchev–Trinajstić information content (AvgIpc) is 2.43. The van der Waals surface area contributed by atoms with Gasteiger partial charge in [-0.25, -0.2) is 4.98 Å². The Labute approximate surface area is 129 Å². The Morgan fingerprint density at radius 1 is 1.39 bits per heavy atom. The van der Waals surface area contributed by atoms with Crippen LogP contribution in [0.2, 0.25) is 0 Å². The third-order valence-corrected chi connectivity index (χ3v) is 3.33. The standard InChI is InChI=1S/C15H16F3N3O2/c1-8(5-6-15(16,17)18)19-13(22)10-3-4-11-12(7-10)20-9(2)21-14(11)23/h3-4,7-8H,5-6H2,1-2H3,(H,19,22)(H,20,21,23). The van der Waals surface area contributed by atoms with E-state index in [2.05, 4.69) is 15.3 Å². The second-order valence-corrected chi connectivity index (χ2v) is 5.41. The van der Waals surface area contributed by atoms with E-state index in [1.54, 1.807) is 6.92 Å². The first-order valence-corrected chi connectivity index (χ1v) is 7.04. The number of alkyl halides is 3. The fraction of sp³-hybridized carbons (Fsp3) is 0.400. The van der Waals surface area contributed by atoms with Crippen molar-refractivity contribution in [1.82, 2.24) is 15.3 Å². The number of hydrogen-bond donors (Lipinski definition) is 2. The molecule has 1 heterocycles. The zero-order valence-corrected chi connectivity index (χ0v) is 12.6. The van der Waals surface area contributed by atoms with E-state index < -0.39 is 24.5 Å². The molecule has 1 amide bonds. The van der Waals surface area contributed by atoms with Crippen LogP contribution in [0.4, 0.5) is 13.2 Å². The Bertz CT molecular complexity index is 784. The fourth-order valence-corrected chi connectivity index (χ4v) is 2.16. The van der Waals surface area contributed by atoms with Crippen LogP contribution < -0.4 is 10.9 Å². The number of benzene rings is 1. The Morgan fingerprint density at radius 3 is 2.74 bits per heavy atom. The zero-order valence-electron chi connectivity index (χ0n) is 12.6. The predicted molar refractivity (Wildman–Crippen MR) is 79.3 cm³/mol. The van der Waals surface area contributed by atoms with Gasteiger partial charge in [-0.15, -0.1) is 0 Å². The van der Waals surface area contributed by atoms with Crippen LogP contribution in [0.1, 0.15) is 35.9 Å². The minimum absolute atomic E-state index is 0.195. The van der Waals surface area contributed by atoms with Gasteiger partial charge in [0, 0.05) is 18.0 Å². The Morgan fingerprint density at radius 2 is 2.09 bits per heavy atom. The summed E-state index contributed by atoms with van der Waals surface area (Å²) in [4.78, 5) is 30.5. The van der Waals surface area contributed by atoms with E-state index in [-0.39, 0.29) is 17.5 Å². The number of carbonyl (C=O) groups excluding carboxylic acids is 1. The average molecular weight is 327 g/mol. The minimum Gasteiger partial charge on any atom is -0.350 e. The molecule has 2 rings (SSSR count). The van der Waals surface area contributed by atoms with Crippen molar-refractivity contribution in [3.63, 3.8) is 0 Å². The highest BCUT2D eigenvalue weighted by Gasteiger charge is 2.27. The molecule has 2 aromatic rings. The van der Waals surface area contributed by atoms with Crippen LogP contribution in [0.25, 0.3) is 10.9 Å². The van der Waals surface area contributed by atoms with Gasteiger partial charge in [-0.05, 0) is 38.5 Å². The molecule has 0 aliphatic carbocycles. The van der Waals surface area contributed by atoms with Gasteiger partial charge in [0.1, 0.15) is 5.82 Å². The predicted octanol–water partition coefficient (Wildman–Crippen LogP) is 2.69. The molecule has 0 bridgehead atoms. The lowest BCUT2D eigenvalue weighted by Gasteiger charge is -2.15. The number of rotatable bonds is 4. The summed E-state index contributed by atoms with van der Waals surface area (Å²) in [5.41, 5.74) is 0.300. The second kappa shape index (κ2) is 6.39. The van der Waals surface area contributed by atoms with Gasteiger partial charge in [-0.2, -0.15) is 13.2 Å². The minimum atomic E-state index is -4.25. The summed E-state index contributed by atoms with van der Waals surface area (Å²) in [5, 5.41) is 2.85. The normalized spacial score (nSPS) is 13.1. The van der Waals surface area contributed by atoms with E-state index in [9.17, 15) is 22.8 Å². The third kappa shape index (κ3) is 4.54. The first-order valence-electron chi connectivity index (χ1n) is 7.04. The first-order chi connectivity index (χ1) is 10.7. The van der Waals surface area contributed by atoms with E-state index >= 15 is 0 Å². The quantitative estimate of drug-likeness (QED) is 0.906. The molecule has 23 heavy (non-hydrogen) atoms. The van der Waals surface area contributed by atoms with Crippen molar-refractivity contribution in [3.05, 3.63) is 39.9 Å². The third-order valence-electron chi connectivity index (χ3n) is 3.33. The number of carbonyl (C=O) groups is 1. The summed E-state index contributed by atoms with van der Waals surface area (Å²) in [6.45, 7) is 3.13. The van der Waals surface area contributed by atoms with Crippen molar-refractivity contribution in [3.8, 4) is 0 Å². The largest absolute Gasteiger partial charge is 0.389 e.